The summed E-state index contributed by atoms with van der Waals surface area (Å²) >= 11 is 1.63. The van der Waals surface area contributed by atoms with E-state index in [1.807, 2.05) is 24.5 Å². The minimum absolute atomic E-state index is 0.619. The first-order valence-electron chi connectivity index (χ1n) is 4.76. The van der Waals surface area contributed by atoms with Crippen molar-refractivity contribution in [3.05, 3.63) is 23.8 Å². The summed E-state index contributed by atoms with van der Waals surface area (Å²) in [7, 11) is 1.79. The van der Waals surface area contributed by atoms with Gasteiger partial charge in [-0.05, 0) is 24.5 Å². The fourth-order valence-corrected chi connectivity index (χ4v) is 2.06. The van der Waals surface area contributed by atoms with Gasteiger partial charge >= 0.3 is 0 Å². The lowest BCUT2D eigenvalue weighted by Gasteiger charge is -2.18. The molecule has 1 aliphatic rings. The molecule has 0 bridgehead atoms. The Morgan fingerprint density at radius 3 is 2.67 bits per heavy atom. The van der Waals surface area contributed by atoms with Gasteiger partial charge in [0.2, 0.25) is 0 Å². The topological polar surface area (TPSA) is 30.8 Å². The number of nitrogens with zero attached hydrogens (tertiary/aromatic N) is 1. The molecule has 0 N–H and O–H groups in total. The maximum absolute atomic E-state index is 5.51. The number of thioether (sulfide) groups is 1. The van der Waals surface area contributed by atoms with Crippen LogP contribution in [0.25, 0.3) is 0 Å². The molecule has 1 aromatic rings. The molecule has 0 amide bonds. The van der Waals surface area contributed by atoms with Crippen LogP contribution >= 0.6 is 11.8 Å². The fraction of sp³-hybridized carbons (Fsp3) is 0.364. The molecule has 0 atom stereocenters. The Hall–Kier alpha value is -1.16. The van der Waals surface area contributed by atoms with Crippen molar-refractivity contribution in [2.75, 3.05) is 26.5 Å². The quantitative estimate of drug-likeness (QED) is 0.540. The molecule has 4 heteroatoms. The van der Waals surface area contributed by atoms with Gasteiger partial charge < -0.3 is 9.47 Å². The minimum Gasteiger partial charge on any atom is -0.486 e. The minimum atomic E-state index is 0.619. The highest BCUT2D eigenvalue weighted by Crippen LogP contribution is 2.31. The van der Waals surface area contributed by atoms with E-state index in [2.05, 4.69) is 4.99 Å². The second kappa shape index (κ2) is 4.57. The molecule has 0 saturated carbocycles. The van der Waals surface area contributed by atoms with Gasteiger partial charge in [0.25, 0.3) is 0 Å². The van der Waals surface area contributed by atoms with Crippen LogP contribution in [0.15, 0.2) is 23.2 Å². The maximum atomic E-state index is 5.51. The van der Waals surface area contributed by atoms with Crippen molar-refractivity contribution in [1.82, 2.24) is 0 Å². The molecule has 1 heterocycles. The highest BCUT2D eigenvalue weighted by Gasteiger charge is 2.13. The van der Waals surface area contributed by atoms with E-state index in [0.717, 1.165) is 22.1 Å². The predicted octanol–water partition coefficient (Wildman–Crippen LogP) is 2.20. The van der Waals surface area contributed by atoms with Crippen LogP contribution in [0.2, 0.25) is 0 Å². The zero-order valence-corrected chi connectivity index (χ0v) is 9.63. The Bertz CT molecular complexity index is 390. The van der Waals surface area contributed by atoms with Crippen LogP contribution < -0.4 is 9.47 Å². The average Bonchev–Trinajstić information content (AvgIpc) is 2.30. The van der Waals surface area contributed by atoms with Crippen LogP contribution in [-0.2, 0) is 0 Å². The van der Waals surface area contributed by atoms with E-state index in [0.29, 0.717) is 13.2 Å². The predicted molar refractivity (Wildman–Crippen MR) is 63.4 cm³/mol. The van der Waals surface area contributed by atoms with E-state index in [1.165, 1.54) is 0 Å². The van der Waals surface area contributed by atoms with E-state index >= 15 is 0 Å². The monoisotopic (exact) mass is 223 g/mol. The molecule has 3 nitrogen and oxygen atoms in total. The number of hydrogen-bond donors (Lipinski definition) is 0. The Morgan fingerprint density at radius 1 is 1.27 bits per heavy atom. The fourth-order valence-electron chi connectivity index (χ4n) is 1.51. The number of fused-ring (bicyclic) bond motifs is 1. The third kappa shape index (κ3) is 2.09. The van der Waals surface area contributed by atoms with Crippen molar-refractivity contribution in [3.63, 3.8) is 0 Å². The summed E-state index contributed by atoms with van der Waals surface area (Å²) in [5.74, 6) is 1.63. The summed E-state index contributed by atoms with van der Waals surface area (Å²) in [4.78, 5) is 4.21. The van der Waals surface area contributed by atoms with Gasteiger partial charge in [0.1, 0.15) is 13.2 Å². The molecule has 0 radical (unpaired) electrons. The molecule has 0 aromatic heterocycles. The van der Waals surface area contributed by atoms with Crippen LogP contribution in [0.3, 0.4) is 0 Å². The Balaban J connectivity index is 2.35. The Morgan fingerprint density at radius 2 is 2.00 bits per heavy atom. The molecule has 0 unspecified atom stereocenters. The number of rotatable bonds is 1. The Kier molecular flexibility index (Phi) is 3.16. The first-order chi connectivity index (χ1) is 7.35. The average molecular weight is 223 g/mol. The van der Waals surface area contributed by atoms with E-state index in [1.54, 1.807) is 18.8 Å². The summed E-state index contributed by atoms with van der Waals surface area (Å²) in [6.07, 6.45) is 2.01. The zero-order valence-electron chi connectivity index (χ0n) is 8.82. The highest BCUT2D eigenvalue weighted by molar-refractivity contribution is 8.13. The van der Waals surface area contributed by atoms with Crippen molar-refractivity contribution < 1.29 is 9.47 Å². The molecular formula is C11H13NO2S. The van der Waals surface area contributed by atoms with Crippen LogP contribution in [0.4, 0.5) is 0 Å². The molecular weight excluding hydrogens is 210 g/mol. The molecule has 2 rings (SSSR count). The largest absolute Gasteiger partial charge is 0.486 e. The normalized spacial score (nSPS) is 15.2. The molecule has 0 spiro atoms. The van der Waals surface area contributed by atoms with E-state index in [4.69, 9.17) is 9.47 Å². The SMILES string of the molecule is CN=C(SC)c1ccc2c(c1)OCCO2. The van der Waals surface area contributed by atoms with Crippen LogP contribution in [-0.4, -0.2) is 31.6 Å². The molecule has 1 aromatic carbocycles. The summed E-state index contributed by atoms with van der Waals surface area (Å²) in [5.41, 5.74) is 1.08. The van der Waals surface area contributed by atoms with E-state index in [-0.39, 0.29) is 0 Å². The summed E-state index contributed by atoms with van der Waals surface area (Å²) < 4.78 is 11.0. The second-order valence-corrected chi connectivity index (χ2v) is 3.89. The number of ether oxygens (including phenoxy) is 2. The molecule has 0 aliphatic carbocycles. The van der Waals surface area contributed by atoms with Crippen molar-refractivity contribution in [3.8, 4) is 11.5 Å². The number of benzene rings is 1. The zero-order chi connectivity index (χ0) is 10.7. The van der Waals surface area contributed by atoms with Crippen LogP contribution in [0, 0.1) is 0 Å². The van der Waals surface area contributed by atoms with Gasteiger partial charge in [-0.3, -0.25) is 4.99 Å². The summed E-state index contributed by atoms with van der Waals surface area (Å²) in [6.45, 7) is 1.25. The first-order valence-corrected chi connectivity index (χ1v) is 5.98. The van der Waals surface area contributed by atoms with Gasteiger partial charge in [-0.25, -0.2) is 0 Å². The van der Waals surface area contributed by atoms with Gasteiger partial charge in [-0.2, -0.15) is 0 Å². The lowest BCUT2D eigenvalue weighted by molar-refractivity contribution is 0.171. The highest BCUT2D eigenvalue weighted by atomic mass is 32.2. The van der Waals surface area contributed by atoms with Gasteiger partial charge in [0.05, 0.1) is 5.04 Å². The molecule has 80 valence electrons. The van der Waals surface area contributed by atoms with Gasteiger partial charge in [0, 0.05) is 12.6 Å². The van der Waals surface area contributed by atoms with Crippen molar-refractivity contribution in [2.45, 2.75) is 0 Å². The summed E-state index contributed by atoms with van der Waals surface area (Å²) in [5, 5.41) is 1.01. The molecule has 0 saturated heterocycles. The molecule has 0 fully saturated rings. The smallest absolute Gasteiger partial charge is 0.162 e. The van der Waals surface area contributed by atoms with Gasteiger partial charge in [-0.1, -0.05) is 0 Å². The van der Waals surface area contributed by atoms with Crippen molar-refractivity contribution in [2.24, 2.45) is 4.99 Å². The molecule has 1 aliphatic heterocycles. The maximum Gasteiger partial charge on any atom is 0.162 e. The lowest BCUT2D eigenvalue weighted by Crippen LogP contribution is -2.15. The number of hydrogen-bond acceptors (Lipinski definition) is 4. The van der Waals surface area contributed by atoms with Crippen molar-refractivity contribution >= 4 is 16.8 Å². The van der Waals surface area contributed by atoms with Gasteiger partial charge in [0.15, 0.2) is 11.5 Å². The van der Waals surface area contributed by atoms with Crippen molar-refractivity contribution in [1.29, 1.82) is 0 Å². The second-order valence-electron chi connectivity index (χ2n) is 3.09. The van der Waals surface area contributed by atoms with E-state index < -0.39 is 0 Å². The standard InChI is InChI=1S/C11H13NO2S/c1-12-11(15-2)8-3-4-9-10(7-8)14-6-5-13-9/h3-4,7H,5-6H2,1-2H3. The Labute approximate surface area is 93.5 Å². The van der Waals surface area contributed by atoms with E-state index in [9.17, 15) is 0 Å². The first kappa shape index (κ1) is 10.4. The number of aliphatic imine (C=N–C) groups is 1. The summed E-state index contributed by atoms with van der Waals surface area (Å²) in [6, 6.07) is 5.92. The third-order valence-corrected chi connectivity index (χ3v) is 2.99. The van der Waals surface area contributed by atoms with Gasteiger partial charge in [-0.15, -0.1) is 11.8 Å². The lowest BCUT2D eigenvalue weighted by atomic mass is 10.2. The third-order valence-electron chi connectivity index (χ3n) is 2.19. The van der Waals surface area contributed by atoms with Crippen LogP contribution in [0.5, 0.6) is 11.5 Å². The molecule has 15 heavy (non-hydrogen) atoms. The van der Waals surface area contributed by atoms with Crippen LogP contribution in [0.1, 0.15) is 5.56 Å².